The third kappa shape index (κ3) is 2.42. The maximum atomic E-state index is 13.6. The Hall–Kier alpha value is -0.930. The summed E-state index contributed by atoms with van der Waals surface area (Å²) in [5.41, 5.74) is 0.700. The van der Waals surface area contributed by atoms with Crippen molar-refractivity contribution in [1.29, 1.82) is 0 Å². The molecule has 0 spiro atoms. The van der Waals surface area contributed by atoms with Crippen molar-refractivity contribution in [1.82, 2.24) is 5.32 Å². The summed E-state index contributed by atoms with van der Waals surface area (Å²) >= 11 is 0. The average molecular weight is 223 g/mol. The van der Waals surface area contributed by atoms with Gasteiger partial charge in [-0.25, -0.2) is 4.39 Å². The third-order valence-corrected chi connectivity index (χ3v) is 3.24. The molecule has 1 aliphatic rings. The molecule has 1 heterocycles. The van der Waals surface area contributed by atoms with E-state index < -0.39 is 0 Å². The van der Waals surface area contributed by atoms with E-state index >= 15 is 0 Å². The molecule has 0 aromatic heterocycles. The van der Waals surface area contributed by atoms with Gasteiger partial charge in [0.1, 0.15) is 5.82 Å². The van der Waals surface area contributed by atoms with Gasteiger partial charge in [-0.2, -0.15) is 0 Å². The summed E-state index contributed by atoms with van der Waals surface area (Å²) in [5, 5.41) is 3.46. The number of benzene rings is 1. The molecule has 1 N–H and O–H groups in total. The van der Waals surface area contributed by atoms with Gasteiger partial charge in [0.15, 0.2) is 0 Å². The summed E-state index contributed by atoms with van der Waals surface area (Å²) in [6.07, 6.45) is 2.89. The molecule has 88 valence electrons. The molecule has 2 nitrogen and oxygen atoms in total. The van der Waals surface area contributed by atoms with Crippen LogP contribution >= 0.6 is 0 Å². The summed E-state index contributed by atoms with van der Waals surface area (Å²) < 4.78 is 18.8. The van der Waals surface area contributed by atoms with E-state index in [4.69, 9.17) is 4.74 Å². The number of nitrogens with one attached hydrogen (secondary N) is 1. The van der Waals surface area contributed by atoms with Crippen LogP contribution in [0.1, 0.15) is 18.4 Å². The van der Waals surface area contributed by atoms with Crippen molar-refractivity contribution in [2.75, 3.05) is 20.3 Å². The van der Waals surface area contributed by atoms with Crippen LogP contribution in [0.5, 0.6) is 0 Å². The lowest BCUT2D eigenvalue weighted by Gasteiger charge is -2.29. The van der Waals surface area contributed by atoms with E-state index in [1.54, 1.807) is 13.2 Å². The second-order valence-corrected chi connectivity index (χ2v) is 4.51. The van der Waals surface area contributed by atoms with Gasteiger partial charge >= 0.3 is 0 Å². The standard InChI is InChI=1S/C13H18FNO/c1-16-10-13(7-4-8-15-13)9-11-5-2-3-6-12(11)14/h2-3,5-6,15H,4,7-10H2,1H3. The van der Waals surface area contributed by atoms with Crippen molar-refractivity contribution < 1.29 is 9.13 Å². The van der Waals surface area contributed by atoms with Gasteiger partial charge in [0, 0.05) is 12.6 Å². The van der Waals surface area contributed by atoms with Gasteiger partial charge in [-0.3, -0.25) is 0 Å². The van der Waals surface area contributed by atoms with E-state index in [9.17, 15) is 4.39 Å². The Labute approximate surface area is 95.8 Å². The second kappa shape index (κ2) is 4.93. The van der Waals surface area contributed by atoms with Crippen LogP contribution in [-0.2, 0) is 11.2 Å². The predicted molar refractivity (Wildman–Crippen MR) is 61.9 cm³/mol. The molecule has 1 atom stereocenters. The van der Waals surface area contributed by atoms with Crippen LogP contribution in [0.15, 0.2) is 24.3 Å². The largest absolute Gasteiger partial charge is 0.383 e. The molecule has 1 fully saturated rings. The van der Waals surface area contributed by atoms with Gasteiger partial charge in [0.05, 0.1) is 6.61 Å². The SMILES string of the molecule is COCC1(Cc2ccccc2F)CCCN1. The average Bonchev–Trinajstić information content (AvgIpc) is 2.71. The normalized spacial score (nSPS) is 24.9. The molecule has 0 radical (unpaired) electrons. The third-order valence-electron chi connectivity index (χ3n) is 3.24. The molecular formula is C13H18FNO. The number of hydrogen-bond acceptors (Lipinski definition) is 2. The van der Waals surface area contributed by atoms with Gasteiger partial charge in [-0.1, -0.05) is 18.2 Å². The van der Waals surface area contributed by atoms with Crippen molar-refractivity contribution in [3.8, 4) is 0 Å². The Morgan fingerprint density at radius 1 is 1.44 bits per heavy atom. The number of halogens is 1. The fraction of sp³-hybridized carbons (Fsp3) is 0.538. The van der Waals surface area contributed by atoms with E-state index in [1.165, 1.54) is 6.07 Å². The minimum Gasteiger partial charge on any atom is -0.383 e. The summed E-state index contributed by atoms with van der Waals surface area (Å²) in [6.45, 7) is 1.64. The Bertz CT molecular complexity index is 348. The molecule has 0 amide bonds. The molecule has 1 saturated heterocycles. The molecule has 1 unspecified atom stereocenters. The highest BCUT2D eigenvalue weighted by Crippen LogP contribution is 2.25. The van der Waals surface area contributed by atoms with Crippen LogP contribution in [0.2, 0.25) is 0 Å². The van der Waals surface area contributed by atoms with E-state index in [0.29, 0.717) is 13.0 Å². The van der Waals surface area contributed by atoms with Crippen molar-refractivity contribution in [3.63, 3.8) is 0 Å². The maximum Gasteiger partial charge on any atom is 0.126 e. The Morgan fingerprint density at radius 2 is 2.25 bits per heavy atom. The fourth-order valence-electron chi connectivity index (χ4n) is 2.48. The second-order valence-electron chi connectivity index (χ2n) is 4.51. The van der Waals surface area contributed by atoms with E-state index in [-0.39, 0.29) is 11.4 Å². The zero-order valence-electron chi connectivity index (χ0n) is 9.63. The molecular weight excluding hydrogens is 205 g/mol. The lowest BCUT2D eigenvalue weighted by molar-refractivity contribution is 0.119. The molecule has 0 saturated carbocycles. The van der Waals surface area contributed by atoms with Gasteiger partial charge in [0.25, 0.3) is 0 Å². The molecule has 1 aliphatic heterocycles. The first-order valence-corrected chi connectivity index (χ1v) is 5.73. The van der Waals surface area contributed by atoms with E-state index in [0.717, 1.165) is 24.9 Å². The van der Waals surface area contributed by atoms with Crippen molar-refractivity contribution in [3.05, 3.63) is 35.6 Å². The molecule has 3 heteroatoms. The van der Waals surface area contributed by atoms with Crippen molar-refractivity contribution in [2.45, 2.75) is 24.8 Å². The van der Waals surface area contributed by atoms with Crippen molar-refractivity contribution >= 4 is 0 Å². The van der Waals surface area contributed by atoms with Crippen LogP contribution in [0, 0.1) is 5.82 Å². The molecule has 0 bridgehead atoms. The summed E-state index contributed by atoms with van der Waals surface area (Å²) in [7, 11) is 1.70. The van der Waals surface area contributed by atoms with Gasteiger partial charge in [-0.05, 0) is 37.4 Å². The highest BCUT2D eigenvalue weighted by atomic mass is 19.1. The molecule has 1 aromatic carbocycles. The predicted octanol–water partition coefficient (Wildman–Crippen LogP) is 2.14. The highest BCUT2D eigenvalue weighted by Gasteiger charge is 2.34. The monoisotopic (exact) mass is 223 g/mol. The van der Waals surface area contributed by atoms with Gasteiger partial charge < -0.3 is 10.1 Å². The highest BCUT2D eigenvalue weighted by molar-refractivity contribution is 5.21. The molecule has 2 rings (SSSR count). The zero-order valence-corrected chi connectivity index (χ0v) is 9.63. The quantitative estimate of drug-likeness (QED) is 0.844. The molecule has 0 aliphatic carbocycles. The fourth-order valence-corrected chi connectivity index (χ4v) is 2.48. The van der Waals surface area contributed by atoms with E-state index in [2.05, 4.69) is 5.32 Å². The molecule has 16 heavy (non-hydrogen) atoms. The number of rotatable bonds is 4. The topological polar surface area (TPSA) is 21.3 Å². The zero-order chi connectivity index (χ0) is 11.4. The summed E-state index contributed by atoms with van der Waals surface area (Å²) in [6, 6.07) is 6.98. The van der Waals surface area contributed by atoms with Crippen LogP contribution in [-0.4, -0.2) is 25.8 Å². The number of hydrogen-bond donors (Lipinski definition) is 1. The maximum absolute atomic E-state index is 13.6. The van der Waals surface area contributed by atoms with Crippen molar-refractivity contribution in [2.24, 2.45) is 0 Å². The Kier molecular flexibility index (Phi) is 3.56. The van der Waals surface area contributed by atoms with Crippen LogP contribution in [0.3, 0.4) is 0 Å². The van der Waals surface area contributed by atoms with Crippen LogP contribution in [0.25, 0.3) is 0 Å². The number of methoxy groups -OCH3 is 1. The summed E-state index contributed by atoms with van der Waals surface area (Å²) in [4.78, 5) is 0. The lowest BCUT2D eigenvalue weighted by atomic mass is 9.90. The lowest BCUT2D eigenvalue weighted by Crippen LogP contribution is -2.46. The minimum absolute atomic E-state index is 0.0725. The van der Waals surface area contributed by atoms with Gasteiger partial charge in [-0.15, -0.1) is 0 Å². The first kappa shape index (κ1) is 11.6. The smallest absolute Gasteiger partial charge is 0.126 e. The first-order chi connectivity index (χ1) is 7.76. The molecule has 1 aromatic rings. The Morgan fingerprint density at radius 3 is 2.88 bits per heavy atom. The van der Waals surface area contributed by atoms with E-state index in [1.807, 2.05) is 12.1 Å². The summed E-state index contributed by atoms with van der Waals surface area (Å²) in [5.74, 6) is -0.119. The van der Waals surface area contributed by atoms with Gasteiger partial charge in [0.2, 0.25) is 0 Å². The van der Waals surface area contributed by atoms with Crippen LogP contribution < -0.4 is 5.32 Å². The minimum atomic E-state index is -0.119. The van der Waals surface area contributed by atoms with Crippen LogP contribution in [0.4, 0.5) is 4.39 Å². The number of ether oxygens (including phenoxy) is 1. The Balaban J connectivity index is 2.14. The first-order valence-electron chi connectivity index (χ1n) is 5.73.